The summed E-state index contributed by atoms with van der Waals surface area (Å²) in [6, 6.07) is 9.45. The van der Waals surface area contributed by atoms with Crippen molar-refractivity contribution in [3.63, 3.8) is 0 Å². The van der Waals surface area contributed by atoms with Crippen LogP contribution in [0.2, 0.25) is 0 Å². The Morgan fingerprint density at radius 3 is 2.91 bits per heavy atom. The number of amides is 1. The average Bonchev–Trinajstić information content (AvgIpc) is 2.79. The minimum Gasteiger partial charge on any atom is -0.396 e. The van der Waals surface area contributed by atoms with E-state index in [1.807, 2.05) is 30.3 Å². The molecule has 2 N–H and O–H groups in total. The predicted octanol–water partition coefficient (Wildman–Crippen LogP) is 2.91. The molecule has 1 aliphatic carbocycles. The molecule has 2 unspecified atom stereocenters. The monoisotopic (exact) mass is 298 g/mol. The van der Waals surface area contributed by atoms with Gasteiger partial charge in [0.25, 0.3) is 5.91 Å². The summed E-state index contributed by atoms with van der Waals surface area (Å²) in [5.41, 5.74) is 1.49. The molecule has 2 atom stereocenters. The number of benzene rings is 1. The lowest BCUT2D eigenvalue weighted by Crippen LogP contribution is -2.41. The molecule has 1 aromatic carbocycles. The summed E-state index contributed by atoms with van der Waals surface area (Å²) in [4.78, 5) is 17.0. The van der Waals surface area contributed by atoms with Gasteiger partial charge in [-0.3, -0.25) is 9.78 Å². The van der Waals surface area contributed by atoms with E-state index >= 15 is 0 Å². The molecule has 1 aliphatic rings. The first-order valence-corrected chi connectivity index (χ1v) is 8.05. The van der Waals surface area contributed by atoms with Crippen molar-refractivity contribution in [1.82, 2.24) is 10.3 Å². The first-order valence-electron chi connectivity index (χ1n) is 8.05. The van der Waals surface area contributed by atoms with E-state index in [0.717, 1.165) is 36.6 Å². The summed E-state index contributed by atoms with van der Waals surface area (Å²) >= 11 is 0. The molecule has 0 radical (unpaired) electrons. The maximum atomic E-state index is 12.7. The highest BCUT2D eigenvalue weighted by atomic mass is 16.3. The fourth-order valence-corrected chi connectivity index (χ4v) is 3.34. The van der Waals surface area contributed by atoms with E-state index in [2.05, 4.69) is 10.3 Å². The molecule has 0 bridgehead atoms. The van der Waals surface area contributed by atoms with Crippen molar-refractivity contribution < 1.29 is 9.90 Å². The van der Waals surface area contributed by atoms with E-state index in [0.29, 0.717) is 5.56 Å². The fraction of sp³-hybridized carbons (Fsp3) is 0.444. The SMILES string of the molecule is O=C(NC1CCCCCC1CO)c1cccc2ncccc12. The number of fused-ring (bicyclic) bond motifs is 1. The van der Waals surface area contributed by atoms with Crippen LogP contribution in [0.1, 0.15) is 42.5 Å². The molecule has 22 heavy (non-hydrogen) atoms. The van der Waals surface area contributed by atoms with Crippen molar-refractivity contribution >= 4 is 16.8 Å². The van der Waals surface area contributed by atoms with Gasteiger partial charge in [0.2, 0.25) is 0 Å². The summed E-state index contributed by atoms with van der Waals surface area (Å²) < 4.78 is 0. The number of aromatic nitrogens is 1. The lowest BCUT2D eigenvalue weighted by Gasteiger charge is -2.24. The van der Waals surface area contributed by atoms with Crippen LogP contribution in [0.25, 0.3) is 10.9 Å². The standard InChI is InChI=1S/C18H22N2O2/c21-12-13-6-2-1-3-9-16(13)20-18(22)15-7-4-10-17-14(15)8-5-11-19-17/h4-5,7-8,10-11,13,16,21H,1-3,6,9,12H2,(H,20,22). The summed E-state index contributed by atoms with van der Waals surface area (Å²) in [7, 11) is 0. The van der Waals surface area contributed by atoms with Gasteiger partial charge < -0.3 is 10.4 Å². The highest BCUT2D eigenvalue weighted by Gasteiger charge is 2.25. The van der Waals surface area contributed by atoms with Crippen LogP contribution in [-0.4, -0.2) is 28.6 Å². The third-order valence-electron chi connectivity index (χ3n) is 4.60. The van der Waals surface area contributed by atoms with Crippen LogP contribution in [0.4, 0.5) is 0 Å². The van der Waals surface area contributed by atoms with E-state index in [9.17, 15) is 9.90 Å². The van der Waals surface area contributed by atoms with Gasteiger partial charge in [0.1, 0.15) is 0 Å². The smallest absolute Gasteiger partial charge is 0.252 e. The van der Waals surface area contributed by atoms with Gasteiger partial charge >= 0.3 is 0 Å². The van der Waals surface area contributed by atoms with Crippen molar-refractivity contribution in [2.45, 2.75) is 38.1 Å². The number of aliphatic hydroxyl groups excluding tert-OH is 1. The van der Waals surface area contributed by atoms with Crippen LogP contribution in [0, 0.1) is 5.92 Å². The van der Waals surface area contributed by atoms with Crippen LogP contribution in [0.5, 0.6) is 0 Å². The first-order chi connectivity index (χ1) is 10.8. The fourth-order valence-electron chi connectivity index (χ4n) is 3.34. The Kier molecular flexibility index (Phi) is 4.68. The second kappa shape index (κ2) is 6.88. The molecule has 1 saturated carbocycles. The van der Waals surface area contributed by atoms with E-state index in [1.165, 1.54) is 6.42 Å². The number of nitrogens with zero attached hydrogens (tertiary/aromatic N) is 1. The zero-order chi connectivity index (χ0) is 15.4. The number of hydrogen-bond donors (Lipinski definition) is 2. The summed E-state index contributed by atoms with van der Waals surface area (Å²) in [5.74, 6) is 0.100. The normalized spacial score (nSPS) is 22.2. The average molecular weight is 298 g/mol. The quantitative estimate of drug-likeness (QED) is 0.856. The third-order valence-corrected chi connectivity index (χ3v) is 4.60. The minimum absolute atomic E-state index is 0.0620. The molecule has 1 aromatic heterocycles. The molecule has 4 nitrogen and oxygen atoms in total. The Bertz CT molecular complexity index is 651. The predicted molar refractivity (Wildman–Crippen MR) is 86.7 cm³/mol. The van der Waals surface area contributed by atoms with Crippen LogP contribution in [-0.2, 0) is 0 Å². The van der Waals surface area contributed by atoms with E-state index in [4.69, 9.17) is 0 Å². The van der Waals surface area contributed by atoms with Gasteiger partial charge in [0.05, 0.1) is 5.52 Å². The summed E-state index contributed by atoms with van der Waals surface area (Å²) in [6.45, 7) is 0.141. The first kappa shape index (κ1) is 15.0. The zero-order valence-electron chi connectivity index (χ0n) is 12.7. The number of rotatable bonds is 3. The topological polar surface area (TPSA) is 62.2 Å². The third kappa shape index (κ3) is 3.12. The zero-order valence-corrected chi connectivity index (χ0v) is 12.7. The Balaban J connectivity index is 1.83. The molecular weight excluding hydrogens is 276 g/mol. The molecule has 3 rings (SSSR count). The maximum Gasteiger partial charge on any atom is 0.252 e. The van der Waals surface area contributed by atoms with Gasteiger partial charge in [0, 0.05) is 35.7 Å². The second-order valence-corrected chi connectivity index (χ2v) is 6.04. The van der Waals surface area contributed by atoms with E-state index in [-0.39, 0.29) is 24.5 Å². The van der Waals surface area contributed by atoms with Crippen LogP contribution in [0.3, 0.4) is 0 Å². The number of pyridine rings is 1. The molecule has 1 heterocycles. The number of carbonyl (C=O) groups is 1. The van der Waals surface area contributed by atoms with Crippen molar-refractivity contribution in [2.24, 2.45) is 5.92 Å². The number of nitrogens with one attached hydrogen (secondary N) is 1. The molecule has 0 spiro atoms. The van der Waals surface area contributed by atoms with Gasteiger partial charge in [-0.05, 0) is 31.0 Å². The summed E-state index contributed by atoms with van der Waals surface area (Å²) in [5, 5.41) is 13.6. The highest BCUT2D eigenvalue weighted by Crippen LogP contribution is 2.24. The van der Waals surface area contributed by atoms with Crippen molar-refractivity contribution in [3.05, 3.63) is 42.1 Å². The van der Waals surface area contributed by atoms with Crippen LogP contribution < -0.4 is 5.32 Å². The van der Waals surface area contributed by atoms with Gasteiger partial charge in [-0.25, -0.2) is 0 Å². The highest BCUT2D eigenvalue weighted by molar-refractivity contribution is 6.06. The molecular formula is C18H22N2O2. The number of hydrogen-bond acceptors (Lipinski definition) is 3. The van der Waals surface area contributed by atoms with Gasteiger partial charge in [0.15, 0.2) is 0 Å². The molecule has 0 saturated heterocycles. The largest absolute Gasteiger partial charge is 0.396 e. The molecule has 1 fully saturated rings. The molecule has 4 heteroatoms. The Morgan fingerprint density at radius 2 is 2.05 bits per heavy atom. The maximum absolute atomic E-state index is 12.7. The van der Waals surface area contributed by atoms with Gasteiger partial charge in [-0.2, -0.15) is 0 Å². The van der Waals surface area contributed by atoms with Crippen molar-refractivity contribution in [3.8, 4) is 0 Å². The molecule has 1 amide bonds. The van der Waals surface area contributed by atoms with Crippen molar-refractivity contribution in [1.29, 1.82) is 0 Å². The number of carbonyl (C=O) groups excluding carboxylic acids is 1. The van der Waals surface area contributed by atoms with Crippen molar-refractivity contribution in [2.75, 3.05) is 6.61 Å². The van der Waals surface area contributed by atoms with Gasteiger partial charge in [-0.15, -0.1) is 0 Å². The van der Waals surface area contributed by atoms with Crippen LogP contribution in [0.15, 0.2) is 36.5 Å². The number of aliphatic hydroxyl groups is 1. The molecule has 116 valence electrons. The molecule has 2 aromatic rings. The molecule has 0 aliphatic heterocycles. The Labute approximate surface area is 130 Å². The Morgan fingerprint density at radius 1 is 1.18 bits per heavy atom. The Hall–Kier alpha value is -1.94. The lowest BCUT2D eigenvalue weighted by atomic mass is 9.95. The summed E-state index contributed by atoms with van der Waals surface area (Å²) in [6.07, 6.45) is 7.09. The van der Waals surface area contributed by atoms with E-state index < -0.39 is 0 Å². The minimum atomic E-state index is -0.0658. The van der Waals surface area contributed by atoms with Crippen LogP contribution >= 0.6 is 0 Å². The lowest BCUT2D eigenvalue weighted by molar-refractivity contribution is 0.0901. The van der Waals surface area contributed by atoms with Gasteiger partial charge in [-0.1, -0.05) is 31.4 Å². The second-order valence-electron chi connectivity index (χ2n) is 6.04. The van der Waals surface area contributed by atoms with E-state index in [1.54, 1.807) is 6.20 Å².